The summed E-state index contributed by atoms with van der Waals surface area (Å²) >= 11 is 0. The molecule has 0 bridgehead atoms. The van der Waals surface area contributed by atoms with Crippen LogP contribution in [0.25, 0.3) is 0 Å². The van der Waals surface area contributed by atoms with Crippen LogP contribution < -0.4 is 5.32 Å². The molecule has 0 aromatic rings. The Morgan fingerprint density at radius 1 is 1.08 bits per heavy atom. The fraction of sp³-hybridized carbons (Fsp3) is 0.690. The summed E-state index contributed by atoms with van der Waals surface area (Å²) in [6.45, 7) is 9.87. The van der Waals surface area contributed by atoms with Gasteiger partial charge in [0, 0.05) is 37.5 Å². The molecule has 0 spiro atoms. The molecule has 2 fully saturated rings. The van der Waals surface area contributed by atoms with E-state index in [4.69, 9.17) is 14.2 Å². The number of carbonyl (C=O) groups excluding carboxylic acids is 3. The average molecular weight is 498 g/mol. The first kappa shape index (κ1) is 25.1. The lowest BCUT2D eigenvalue weighted by Crippen LogP contribution is -2.51. The van der Waals surface area contributed by atoms with E-state index in [-0.39, 0.29) is 40.7 Å². The third-order valence-corrected chi connectivity index (χ3v) is 9.79. The van der Waals surface area contributed by atoms with Gasteiger partial charge in [0.1, 0.15) is 12.2 Å². The Morgan fingerprint density at radius 3 is 2.47 bits per heavy atom. The molecule has 0 radical (unpaired) electrons. The van der Waals surface area contributed by atoms with Gasteiger partial charge in [-0.25, -0.2) is 4.79 Å². The lowest BCUT2D eigenvalue weighted by molar-refractivity contribution is -0.148. The van der Waals surface area contributed by atoms with Crippen LogP contribution in [-0.4, -0.2) is 36.7 Å². The summed E-state index contributed by atoms with van der Waals surface area (Å²) in [4.78, 5) is 35.9. The van der Waals surface area contributed by atoms with Gasteiger partial charge in [0.2, 0.25) is 11.7 Å². The predicted molar refractivity (Wildman–Crippen MR) is 133 cm³/mol. The van der Waals surface area contributed by atoms with Crippen LogP contribution in [0.3, 0.4) is 0 Å². The number of carbonyl (C=O) groups is 3. The van der Waals surface area contributed by atoms with Crippen molar-refractivity contribution in [2.45, 2.75) is 91.8 Å². The first-order valence-electron chi connectivity index (χ1n) is 13.5. The molecule has 1 unspecified atom stereocenters. The number of amides is 1. The fourth-order valence-corrected chi connectivity index (χ4v) is 8.10. The average Bonchev–Trinajstić information content (AvgIpc) is 3.05. The third kappa shape index (κ3) is 3.99. The first-order valence-corrected chi connectivity index (χ1v) is 13.5. The number of rotatable bonds is 5. The Balaban J connectivity index is 1.41. The van der Waals surface area contributed by atoms with Crippen LogP contribution >= 0.6 is 0 Å². The van der Waals surface area contributed by atoms with Crippen LogP contribution in [0.4, 0.5) is 0 Å². The summed E-state index contributed by atoms with van der Waals surface area (Å²) in [5.41, 5.74) is 3.56. The first-order chi connectivity index (χ1) is 17.1. The van der Waals surface area contributed by atoms with Crippen molar-refractivity contribution in [1.82, 2.24) is 5.32 Å². The van der Waals surface area contributed by atoms with Crippen molar-refractivity contribution >= 4 is 17.8 Å². The molecule has 7 heteroatoms. The molecule has 5 rings (SSSR count). The zero-order chi connectivity index (χ0) is 25.8. The van der Waals surface area contributed by atoms with Crippen LogP contribution in [0.1, 0.15) is 79.6 Å². The van der Waals surface area contributed by atoms with E-state index in [0.29, 0.717) is 24.4 Å². The smallest absolute Gasteiger partial charge is 0.373 e. The molecule has 5 aliphatic rings. The third-order valence-electron chi connectivity index (χ3n) is 9.79. The van der Waals surface area contributed by atoms with Crippen LogP contribution in [0.2, 0.25) is 0 Å². The molecule has 0 aromatic heterocycles. The SMILES string of the molecule is CCOC(=O)C1=CC(C2=C(NC(C)=O)[C@@]3(C)CC[C@H]4[C@@H](CC=C5C[C@@H](OC(C)=O)CC[C@@]54C)[C@@H]3C2)O1. The minimum atomic E-state index is -0.431. The van der Waals surface area contributed by atoms with E-state index < -0.39 is 5.97 Å². The van der Waals surface area contributed by atoms with Gasteiger partial charge in [0.05, 0.1) is 6.61 Å². The quantitative estimate of drug-likeness (QED) is 0.436. The van der Waals surface area contributed by atoms with Crippen molar-refractivity contribution in [2.24, 2.45) is 28.6 Å². The van der Waals surface area contributed by atoms with Gasteiger partial charge < -0.3 is 19.5 Å². The minimum absolute atomic E-state index is 0.00510. The highest BCUT2D eigenvalue weighted by molar-refractivity contribution is 5.88. The molecule has 1 N–H and O–H groups in total. The molecule has 0 saturated heterocycles. The van der Waals surface area contributed by atoms with Crippen molar-refractivity contribution in [1.29, 1.82) is 0 Å². The molecule has 7 nitrogen and oxygen atoms in total. The highest BCUT2D eigenvalue weighted by Crippen LogP contribution is 2.66. The molecule has 1 heterocycles. The second kappa shape index (κ2) is 9.07. The molecule has 2 saturated carbocycles. The maximum Gasteiger partial charge on any atom is 0.373 e. The van der Waals surface area contributed by atoms with Gasteiger partial charge in [0.15, 0.2) is 0 Å². The zero-order valence-corrected chi connectivity index (χ0v) is 22.1. The molecule has 7 atom stereocenters. The number of hydrogen-bond acceptors (Lipinski definition) is 6. The largest absolute Gasteiger partial charge is 0.474 e. The summed E-state index contributed by atoms with van der Waals surface area (Å²) in [5.74, 6) is 1.05. The van der Waals surface area contributed by atoms with Crippen molar-refractivity contribution in [3.8, 4) is 0 Å². The maximum atomic E-state index is 12.3. The summed E-state index contributed by atoms with van der Waals surface area (Å²) < 4.78 is 16.6. The van der Waals surface area contributed by atoms with Gasteiger partial charge in [-0.2, -0.15) is 0 Å². The highest BCUT2D eigenvalue weighted by atomic mass is 16.6. The molecule has 36 heavy (non-hydrogen) atoms. The molecule has 1 amide bonds. The van der Waals surface area contributed by atoms with Gasteiger partial charge in [-0.05, 0) is 74.2 Å². The Morgan fingerprint density at radius 2 is 1.81 bits per heavy atom. The molecule has 4 aliphatic carbocycles. The van der Waals surface area contributed by atoms with Crippen LogP contribution in [0.5, 0.6) is 0 Å². The highest BCUT2D eigenvalue weighted by Gasteiger charge is 2.59. The topological polar surface area (TPSA) is 90.9 Å². The van der Waals surface area contributed by atoms with E-state index in [0.717, 1.165) is 56.2 Å². The lowest BCUT2D eigenvalue weighted by atomic mass is 9.47. The van der Waals surface area contributed by atoms with Gasteiger partial charge in [-0.1, -0.05) is 25.5 Å². The number of fused-ring (bicyclic) bond motifs is 5. The van der Waals surface area contributed by atoms with E-state index in [1.165, 1.54) is 12.5 Å². The lowest BCUT2D eigenvalue weighted by Gasteiger charge is -2.57. The van der Waals surface area contributed by atoms with Crippen molar-refractivity contribution in [3.63, 3.8) is 0 Å². The molecule has 0 aromatic carbocycles. The predicted octanol–water partition coefficient (Wildman–Crippen LogP) is 4.73. The number of ether oxygens (including phenoxy) is 3. The van der Waals surface area contributed by atoms with Gasteiger partial charge in [-0.15, -0.1) is 0 Å². The Bertz CT molecular complexity index is 1070. The van der Waals surface area contributed by atoms with E-state index >= 15 is 0 Å². The Labute approximate surface area is 213 Å². The van der Waals surface area contributed by atoms with E-state index in [1.807, 2.05) is 6.08 Å². The van der Waals surface area contributed by atoms with Crippen LogP contribution in [0, 0.1) is 28.6 Å². The summed E-state index contributed by atoms with van der Waals surface area (Å²) in [5, 5.41) is 3.19. The van der Waals surface area contributed by atoms with E-state index in [9.17, 15) is 14.4 Å². The van der Waals surface area contributed by atoms with Crippen molar-refractivity contribution < 1.29 is 28.6 Å². The second-order valence-electron chi connectivity index (χ2n) is 11.8. The van der Waals surface area contributed by atoms with Gasteiger partial charge in [-0.3, -0.25) is 9.59 Å². The van der Waals surface area contributed by atoms with Gasteiger partial charge in [0.25, 0.3) is 0 Å². The monoisotopic (exact) mass is 497 g/mol. The molecule has 196 valence electrons. The second-order valence-corrected chi connectivity index (χ2v) is 11.8. The summed E-state index contributed by atoms with van der Waals surface area (Å²) in [6, 6.07) is 0. The Hall–Kier alpha value is -2.57. The molecular weight excluding hydrogens is 458 g/mol. The van der Waals surface area contributed by atoms with Crippen LogP contribution in [-0.2, 0) is 28.6 Å². The van der Waals surface area contributed by atoms with Gasteiger partial charge >= 0.3 is 11.9 Å². The number of esters is 2. The van der Waals surface area contributed by atoms with Crippen molar-refractivity contribution in [3.05, 3.63) is 34.8 Å². The minimum Gasteiger partial charge on any atom is -0.474 e. The van der Waals surface area contributed by atoms with E-state index in [1.54, 1.807) is 13.8 Å². The Kier molecular flexibility index (Phi) is 6.32. The standard InChI is InChI=1S/C29H39NO6/c1-6-34-27(33)25-15-24(36-25)21-14-23-20-8-7-18-13-19(35-17(3)32)9-11-28(18,4)22(20)10-12-29(23,5)26(21)30-16(2)31/h7,15,19-20,22-24H,6,8-14H2,1-5H3,(H,30,31)/t19-,20+,22-,23-,24?,28-,29-/m0/s1. The van der Waals surface area contributed by atoms with Crippen LogP contribution in [0.15, 0.2) is 34.8 Å². The van der Waals surface area contributed by atoms with E-state index in [2.05, 4.69) is 25.2 Å². The zero-order valence-electron chi connectivity index (χ0n) is 22.1. The maximum absolute atomic E-state index is 12.3. The number of hydrogen-bond donors (Lipinski definition) is 1. The number of allylic oxidation sites excluding steroid dienone is 2. The molecule has 1 aliphatic heterocycles. The summed E-state index contributed by atoms with van der Waals surface area (Å²) in [6.07, 6.45) is 10.8. The molecular formula is C29H39NO6. The number of nitrogens with one attached hydrogen (secondary N) is 1. The van der Waals surface area contributed by atoms with Crippen molar-refractivity contribution in [2.75, 3.05) is 6.61 Å². The summed E-state index contributed by atoms with van der Waals surface area (Å²) in [7, 11) is 0. The fourth-order valence-electron chi connectivity index (χ4n) is 8.10. The normalized spacial score (nSPS) is 38.8.